The van der Waals surface area contributed by atoms with Gasteiger partial charge in [0.05, 0.1) is 0 Å². The lowest BCUT2D eigenvalue weighted by Gasteiger charge is -1.94. The molecule has 76 valence electrons. The molecule has 0 saturated carbocycles. The smallest absolute Gasteiger partial charge is 0.338 e. The summed E-state index contributed by atoms with van der Waals surface area (Å²) in [4.78, 5) is 21.0. The van der Waals surface area contributed by atoms with Crippen LogP contribution in [-0.2, 0) is 19.1 Å². The zero-order valence-corrected chi connectivity index (χ0v) is 6.96. The molecule has 14 heavy (non-hydrogen) atoms. The second-order valence-electron chi connectivity index (χ2n) is 1.89. The van der Waals surface area contributed by atoms with Crippen LogP contribution in [0.1, 0.15) is 0 Å². The minimum absolute atomic E-state index is 0.552. The average Bonchev–Trinajstić information content (AvgIpc) is 1.98. The molecule has 0 aromatic carbocycles. The average molecular weight is 204 g/mol. The van der Waals surface area contributed by atoms with E-state index in [4.69, 9.17) is 0 Å². The SMILES string of the molecule is C=C(F)OC(=O)/C=C\C(=O)OC(=C)F. The summed E-state index contributed by atoms with van der Waals surface area (Å²) in [7, 11) is 0. The Morgan fingerprint density at radius 1 is 0.929 bits per heavy atom. The van der Waals surface area contributed by atoms with Gasteiger partial charge in [-0.1, -0.05) is 0 Å². The maximum Gasteiger partial charge on any atom is 0.338 e. The molecule has 0 heterocycles. The number of halogens is 2. The summed E-state index contributed by atoms with van der Waals surface area (Å²) in [6, 6.07) is -2.63. The fraction of sp³-hybridized carbons (Fsp3) is 0. The van der Waals surface area contributed by atoms with Crippen molar-refractivity contribution in [2.45, 2.75) is 0 Å². The Bertz CT molecular complexity index is 276. The van der Waals surface area contributed by atoms with Crippen molar-refractivity contribution < 1.29 is 27.8 Å². The van der Waals surface area contributed by atoms with Crippen LogP contribution in [0.2, 0.25) is 0 Å². The van der Waals surface area contributed by atoms with Gasteiger partial charge in [0, 0.05) is 12.2 Å². The Kier molecular flexibility index (Phi) is 4.83. The van der Waals surface area contributed by atoms with Gasteiger partial charge in [-0.05, 0) is 13.2 Å². The predicted octanol–water partition coefficient (Wildman–Crippen LogP) is 1.51. The maximum absolute atomic E-state index is 11.8. The summed E-state index contributed by atoms with van der Waals surface area (Å²) in [5.41, 5.74) is 0. The van der Waals surface area contributed by atoms with Gasteiger partial charge in [0.1, 0.15) is 0 Å². The molecule has 0 aliphatic rings. The third-order valence-corrected chi connectivity index (χ3v) is 0.778. The van der Waals surface area contributed by atoms with Crippen molar-refractivity contribution in [3.63, 3.8) is 0 Å². The lowest BCUT2D eigenvalue weighted by molar-refractivity contribution is -0.138. The lowest BCUT2D eigenvalue weighted by atomic mass is 10.5. The maximum atomic E-state index is 11.8. The van der Waals surface area contributed by atoms with Crippen LogP contribution in [0.15, 0.2) is 37.3 Å². The minimum atomic E-state index is -1.32. The van der Waals surface area contributed by atoms with Gasteiger partial charge < -0.3 is 9.47 Å². The predicted molar refractivity (Wildman–Crippen MR) is 41.8 cm³/mol. The van der Waals surface area contributed by atoms with Gasteiger partial charge in [-0.2, -0.15) is 8.78 Å². The van der Waals surface area contributed by atoms with E-state index in [1.54, 1.807) is 0 Å². The van der Waals surface area contributed by atoms with Crippen LogP contribution in [-0.4, -0.2) is 11.9 Å². The number of rotatable bonds is 4. The monoisotopic (exact) mass is 204 g/mol. The molecule has 0 aromatic rings. The highest BCUT2D eigenvalue weighted by atomic mass is 19.1. The highest BCUT2D eigenvalue weighted by Gasteiger charge is 2.03. The topological polar surface area (TPSA) is 52.6 Å². The van der Waals surface area contributed by atoms with E-state index in [1.807, 2.05) is 0 Å². The molecular formula is C8H6F2O4. The largest absolute Gasteiger partial charge is 0.396 e. The van der Waals surface area contributed by atoms with Crippen LogP contribution in [0.4, 0.5) is 8.78 Å². The van der Waals surface area contributed by atoms with Crippen LogP contribution in [0, 0.1) is 0 Å². The van der Waals surface area contributed by atoms with Crippen LogP contribution < -0.4 is 0 Å². The van der Waals surface area contributed by atoms with Crippen LogP contribution in [0.25, 0.3) is 0 Å². The number of hydrogen-bond donors (Lipinski definition) is 0. The van der Waals surface area contributed by atoms with Crippen molar-refractivity contribution in [1.82, 2.24) is 0 Å². The van der Waals surface area contributed by atoms with Gasteiger partial charge in [0.15, 0.2) is 0 Å². The quantitative estimate of drug-likeness (QED) is 0.395. The molecule has 0 bridgehead atoms. The summed E-state index contributed by atoms with van der Waals surface area (Å²) < 4.78 is 31.2. The molecule has 0 spiro atoms. The van der Waals surface area contributed by atoms with Gasteiger partial charge in [-0.3, -0.25) is 0 Å². The summed E-state index contributed by atoms with van der Waals surface area (Å²) in [6.45, 7) is 5.27. The molecule has 0 saturated heterocycles. The molecule has 0 atom stereocenters. The van der Waals surface area contributed by atoms with Crippen molar-refractivity contribution >= 4 is 11.9 Å². The first-order chi connectivity index (χ1) is 6.41. The third kappa shape index (κ3) is 6.71. The first kappa shape index (κ1) is 12.0. The highest BCUT2D eigenvalue weighted by molar-refractivity contribution is 5.92. The number of carbonyl (C=O) groups is 2. The van der Waals surface area contributed by atoms with E-state index in [0.717, 1.165) is 0 Å². The molecule has 4 nitrogen and oxygen atoms in total. The molecule has 0 rings (SSSR count). The number of hydrogen-bond acceptors (Lipinski definition) is 4. The molecule has 0 aliphatic carbocycles. The number of esters is 2. The summed E-state index contributed by atoms with van der Waals surface area (Å²) >= 11 is 0. The zero-order valence-electron chi connectivity index (χ0n) is 6.96. The van der Waals surface area contributed by atoms with Gasteiger partial charge in [0.2, 0.25) is 0 Å². The number of ether oxygens (including phenoxy) is 2. The molecule has 0 amide bonds. The van der Waals surface area contributed by atoms with Gasteiger partial charge in [-0.15, -0.1) is 0 Å². The van der Waals surface area contributed by atoms with E-state index in [9.17, 15) is 18.4 Å². The van der Waals surface area contributed by atoms with Crippen LogP contribution in [0.3, 0.4) is 0 Å². The van der Waals surface area contributed by atoms with E-state index in [0.29, 0.717) is 12.2 Å². The molecule has 6 heteroatoms. The van der Waals surface area contributed by atoms with E-state index < -0.39 is 24.0 Å². The molecule has 0 N–H and O–H groups in total. The third-order valence-electron chi connectivity index (χ3n) is 0.778. The van der Waals surface area contributed by atoms with E-state index >= 15 is 0 Å². The number of carbonyl (C=O) groups excluding carboxylic acids is 2. The minimum Gasteiger partial charge on any atom is -0.396 e. The van der Waals surface area contributed by atoms with Crippen LogP contribution in [0.5, 0.6) is 0 Å². The van der Waals surface area contributed by atoms with Crippen molar-refractivity contribution in [2.75, 3.05) is 0 Å². The van der Waals surface area contributed by atoms with Crippen molar-refractivity contribution in [3.8, 4) is 0 Å². The van der Waals surface area contributed by atoms with E-state index in [2.05, 4.69) is 22.6 Å². The van der Waals surface area contributed by atoms with Gasteiger partial charge in [-0.25, -0.2) is 9.59 Å². The molecule has 0 aromatic heterocycles. The summed E-state index contributed by atoms with van der Waals surface area (Å²) in [5.74, 6) is -2.34. The molecular weight excluding hydrogens is 198 g/mol. The molecule has 0 fully saturated rings. The van der Waals surface area contributed by atoms with Crippen LogP contribution >= 0.6 is 0 Å². The van der Waals surface area contributed by atoms with Crippen molar-refractivity contribution in [1.29, 1.82) is 0 Å². The summed E-state index contributed by atoms with van der Waals surface area (Å²) in [5, 5.41) is 0. The molecule has 0 aliphatic heterocycles. The second-order valence-corrected chi connectivity index (χ2v) is 1.89. The fourth-order valence-electron chi connectivity index (χ4n) is 0.422. The Balaban J connectivity index is 4.04. The summed E-state index contributed by atoms with van der Waals surface area (Å²) in [6.07, 6.45) is 1.10. The first-order valence-corrected chi connectivity index (χ1v) is 3.22. The van der Waals surface area contributed by atoms with E-state index in [1.165, 1.54) is 0 Å². The molecule has 0 unspecified atom stereocenters. The Morgan fingerprint density at radius 2 is 1.21 bits per heavy atom. The Morgan fingerprint density at radius 3 is 1.43 bits per heavy atom. The van der Waals surface area contributed by atoms with Crippen molar-refractivity contribution in [2.24, 2.45) is 0 Å². The van der Waals surface area contributed by atoms with Crippen molar-refractivity contribution in [3.05, 3.63) is 37.3 Å². The Hall–Kier alpha value is -1.98. The normalized spacial score (nSPS) is 9.57. The first-order valence-electron chi connectivity index (χ1n) is 3.22. The standard InChI is InChI=1S/C8H6F2O4/c1-5(9)13-7(11)3-4-8(12)14-6(2)10/h3-4H,1-2H2/b4-3-. The van der Waals surface area contributed by atoms with Gasteiger partial charge in [0.25, 0.3) is 12.0 Å². The lowest BCUT2D eigenvalue weighted by Crippen LogP contribution is -2.01. The molecule has 0 radical (unpaired) electrons. The zero-order chi connectivity index (χ0) is 11.1. The fourth-order valence-corrected chi connectivity index (χ4v) is 0.422. The van der Waals surface area contributed by atoms with Gasteiger partial charge >= 0.3 is 11.9 Å². The Labute approximate surface area is 78.1 Å². The van der Waals surface area contributed by atoms with E-state index in [-0.39, 0.29) is 0 Å². The second kappa shape index (κ2) is 5.63. The highest BCUT2D eigenvalue weighted by Crippen LogP contribution is 1.98.